The van der Waals surface area contributed by atoms with Crippen LogP contribution >= 0.6 is 0 Å². The van der Waals surface area contributed by atoms with E-state index in [9.17, 15) is 0 Å². The van der Waals surface area contributed by atoms with Crippen molar-refractivity contribution in [2.24, 2.45) is 5.92 Å². The van der Waals surface area contributed by atoms with Gasteiger partial charge in [0.2, 0.25) is 0 Å². The summed E-state index contributed by atoms with van der Waals surface area (Å²) in [5, 5.41) is 0. The molecular formula is C8H8O2. The summed E-state index contributed by atoms with van der Waals surface area (Å²) in [5.41, 5.74) is 0. The number of hydrogen-bond acceptors (Lipinski definition) is 2. The molecule has 0 saturated carbocycles. The van der Waals surface area contributed by atoms with Crippen LogP contribution in [-0.4, -0.2) is 18.3 Å². The van der Waals surface area contributed by atoms with Crippen molar-refractivity contribution < 1.29 is 9.47 Å². The van der Waals surface area contributed by atoms with Gasteiger partial charge in [-0.2, -0.15) is 0 Å². The Balaban J connectivity index is 2.04. The highest BCUT2D eigenvalue weighted by atomic mass is 16.6. The Morgan fingerprint density at radius 2 is 1.90 bits per heavy atom. The van der Waals surface area contributed by atoms with Crippen molar-refractivity contribution >= 4 is 0 Å². The molecule has 1 saturated heterocycles. The molecule has 3 rings (SSSR count). The fourth-order valence-electron chi connectivity index (χ4n) is 1.92. The molecule has 52 valence electrons. The number of fused-ring (bicyclic) bond motifs is 5. The molecule has 2 nitrogen and oxygen atoms in total. The van der Waals surface area contributed by atoms with Gasteiger partial charge in [-0.1, -0.05) is 12.2 Å². The molecular weight excluding hydrogens is 128 g/mol. The lowest BCUT2D eigenvalue weighted by Gasteiger charge is -2.14. The Hall–Kier alpha value is -0.760. The molecule has 0 aliphatic carbocycles. The lowest BCUT2D eigenvalue weighted by atomic mass is 9.93. The molecule has 0 aromatic rings. The van der Waals surface area contributed by atoms with Crippen LogP contribution in [0.15, 0.2) is 24.5 Å². The smallest absolute Gasteiger partial charge is 0.137 e. The van der Waals surface area contributed by atoms with Gasteiger partial charge in [0.25, 0.3) is 0 Å². The summed E-state index contributed by atoms with van der Waals surface area (Å²) in [7, 11) is 0. The molecule has 4 atom stereocenters. The van der Waals surface area contributed by atoms with E-state index in [2.05, 4.69) is 18.2 Å². The zero-order valence-electron chi connectivity index (χ0n) is 5.44. The maximum atomic E-state index is 5.55. The molecule has 0 N–H and O–H groups in total. The first-order chi connectivity index (χ1) is 4.95. The molecule has 4 unspecified atom stereocenters. The second-order valence-electron chi connectivity index (χ2n) is 2.96. The predicted octanol–water partition coefficient (Wildman–Crippen LogP) is 0.852. The van der Waals surface area contributed by atoms with Crippen molar-refractivity contribution in [3.63, 3.8) is 0 Å². The summed E-state index contributed by atoms with van der Waals surface area (Å²) in [6.45, 7) is 0. The van der Waals surface area contributed by atoms with Crippen LogP contribution in [-0.2, 0) is 9.47 Å². The molecule has 3 aliphatic heterocycles. The molecule has 3 heterocycles. The van der Waals surface area contributed by atoms with Crippen LogP contribution in [0.5, 0.6) is 0 Å². The standard InChI is InChI=1S/C8H8O2/c1-2-7-8-5(3-4-9-8)6(1)10-7/h1-8H. The SMILES string of the molecule is C1=CC2C3C=CC(O3)C2O1. The van der Waals surface area contributed by atoms with Crippen molar-refractivity contribution in [2.75, 3.05) is 0 Å². The van der Waals surface area contributed by atoms with Gasteiger partial charge >= 0.3 is 0 Å². The van der Waals surface area contributed by atoms with Crippen LogP contribution < -0.4 is 0 Å². The van der Waals surface area contributed by atoms with Crippen LogP contribution in [0.4, 0.5) is 0 Å². The summed E-state index contributed by atoms with van der Waals surface area (Å²) in [5.74, 6) is 0.495. The molecule has 10 heavy (non-hydrogen) atoms. The topological polar surface area (TPSA) is 18.5 Å². The summed E-state index contributed by atoms with van der Waals surface area (Å²) < 4.78 is 10.9. The van der Waals surface area contributed by atoms with Crippen molar-refractivity contribution in [1.29, 1.82) is 0 Å². The Labute approximate surface area is 59.1 Å². The van der Waals surface area contributed by atoms with Gasteiger partial charge in [0.05, 0.1) is 12.4 Å². The van der Waals surface area contributed by atoms with Gasteiger partial charge in [-0.05, 0) is 6.08 Å². The van der Waals surface area contributed by atoms with E-state index in [0.29, 0.717) is 12.0 Å². The second-order valence-corrected chi connectivity index (χ2v) is 2.96. The fraction of sp³-hybridized carbons (Fsp3) is 0.500. The normalized spacial score (nSPS) is 53.6. The minimum Gasteiger partial charge on any atom is -0.495 e. The van der Waals surface area contributed by atoms with Gasteiger partial charge in [-0.15, -0.1) is 0 Å². The molecule has 1 fully saturated rings. The van der Waals surface area contributed by atoms with Crippen molar-refractivity contribution in [3.8, 4) is 0 Å². The zero-order valence-corrected chi connectivity index (χ0v) is 5.44. The van der Waals surface area contributed by atoms with E-state index in [4.69, 9.17) is 9.47 Å². The largest absolute Gasteiger partial charge is 0.495 e. The quantitative estimate of drug-likeness (QED) is 0.460. The third-order valence-electron chi connectivity index (χ3n) is 2.42. The molecule has 2 bridgehead atoms. The van der Waals surface area contributed by atoms with Crippen LogP contribution in [0.3, 0.4) is 0 Å². The van der Waals surface area contributed by atoms with E-state index in [1.165, 1.54) is 0 Å². The van der Waals surface area contributed by atoms with Gasteiger partial charge in [0, 0.05) is 5.92 Å². The van der Waals surface area contributed by atoms with Crippen LogP contribution in [0.2, 0.25) is 0 Å². The number of hydrogen-bond donors (Lipinski definition) is 0. The first-order valence-corrected chi connectivity index (χ1v) is 3.61. The highest BCUT2D eigenvalue weighted by Crippen LogP contribution is 2.39. The minimum absolute atomic E-state index is 0.227. The maximum absolute atomic E-state index is 5.55. The first kappa shape index (κ1) is 4.97. The number of rotatable bonds is 0. The monoisotopic (exact) mass is 136 g/mol. The average molecular weight is 136 g/mol. The maximum Gasteiger partial charge on any atom is 0.137 e. The summed E-state index contributed by atoms with van der Waals surface area (Å²) in [6, 6.07) is 0. The Morgan fingerprint density at radius 1 is 1.00 bits per heavy atom. The Bertz CT molecular complexity index is 219. The molecule has 0 aromatic carbocycles. The molecule has 0 radical (unpaired) electrons. The van der Waals surface area contributed by atoms with Gasteiger partial charge in [0.1, 0.15) is 12.2 Å². The predicted molar refractivity (Wildman–Crippen MR) is 35.3 cm³/mol. The van der Waals surface area contributed by atoms with Gasteiger partial charge in [-0.25, -0.2) is 0 Å². The van der Waals surface area contributed by atoms with Crippen LogP contribution in [0, 0.1) is 5.92 Å². The Kier molecular flexibility index (Phi) is 0.722. The molecule has 3 aliphatic rings. The third kappa shape index (κ3) is 0.409. The summed E-state index contributed by atoms with van der Waals surface area (Å²) in [4.78, 5) is 0. The van der Waals surface area contributed by atoms with E-state index in [1.807, 2.05) is 0 Å². The minimum atomic E-state index is 0.227. The highest BCUT2D eigenvalue weighted by Gasteiger charge is 2.47. The molecule has 2 heteroatoms. The summed E-state index contributed by atoms with van der Waals surface area (Å²) in [6.07, 6.45) is 8.93. The molecule has 0 amide bonds. The molecule has 0 spiro atoms. The van der Waals surface area contributed by atoms with Gasteiger partial charge < -0.3 is 9.47 Å². The first-order valence-electron chi connectivity index (χ1n) is 3.61. The number of ether oxygens (including phenoxy) is 2. The highest BCUT2D eigenvalue weighted by molar-refractivity contribution is 5.21. The van der Waals surface area contributed by atoms with E-state index in [1.54, 1.807) is 6.26 Å². The van der Waals surface area contributed by atoms with E-state index in [0.717, 1.165) is 0 Å². The lowest BCUT2D eigenvalue weighted by Crippen LogP contribution is -2.25. The zero-order chi connectivity index (χ0) is 6.55. The summed E-state index contributed by atoms with van der Waals surface area (Å²) >= 11 is 0. The van der Waals surface area contributed by atoms with Gasteiger partial charge in [-0.3, -0.25) is 0 Å². The van der Waals surface area contributed by atoms with E-state index in [-0.39, 0.29) is 12.2 Å². The Morgan fingerprint density at radius 3 is 2.80 bits per heavy atom. The molecule has 0 aromatic heterocycles. The van der Waals surface area contributed by atoms with Gasteiger partial charge in [0.15, 0.2) is 0 Å². The van der Waals surface area contributed by atoms with Crippen LogP contribution in [0.1, 0.15) is 0 Å². The fourth-order valence-corrected chi connectivity index (χ4v) is 1.92. The second kappa shape index (κ2) is 1.45. The van der Waals surface area contributed by atoms with Crippen molar-refractivity contribution in [2.45, 2.75) is 18.3 Å². The van der Waals surface area contributed by atoms with Crippen molar-refractivity contribution in [1.82, 2.24) is 0 Å². The average Bonchev–Trinajstić information content (AvgIpc) is 2.60. The lowest BCUT2D eigenvalue weighted by molar-refractivity contribution is 0.0628. The van der Waals surface area contributed by atoms with Crippen LogP contribution in [0.25, 0.3) is 0 Å². The van der Waals surface area contributed by atoms with E-state index < -0.39 is 0 Å². The van der Waals surface area contributed by atoms with E-state index >= 15 is 0 Å². The van der Waals surface area contributed by atoms with Crippen molar-refractivity contribution in [3.05, 3.63) is 24.5 Å². The third-order valence-corrected chi connectivity index (χ3v) is 2.42.